The number of ether oxygens (including phenoxy) is 1. The number of aromatic hydroxyl groups is 1. The maximum Gasteiger partial charge on any atom is 0.229 e. The molecule has 0 atom stereocenters. The highest BCUT2D eigenvalue weighted by Gasteiger charge is 2.11. The number of phenolic OH excluding ortho intramolecular Hbond substituents is 1. The van der Waals surface area contributed by atoms with Gasteiger partial charge in [0.2, 0.25) is 5.95 Å². The van der Waals surface area contributed by atoms with Crippen LogP contribution in [0.4, 0.5) is 28.8 Å². The van der Waals surface area contributed by atoms with Crippen molar-refractivity contribution in [2.45, 2.75) is 0 Å². The highest BCUT2D eigenvalue weighted by Crippen LogP contribution is 2.27. The summed E-state index contributed by atoms with van der Waals surface area (Å²) in [6, 6.07) is 14.9. The molecule has 0 bridgehead atoms. The molecule has 0 unspecified atom stereocenters. The number of nitrogens with zero attached hydrogens (tertiary/aromatic N) is 3. The number of rotatable bonds is 5. The van der Waals surface area contributed by atoms with Gasteiger partial charge in [-0.3, -0.25) is 0 Å². The maximum absolute atomic E-state index is 9.60. The Morgan fingerprint density at radius 3 is 2.54 bits per heavy atom. The summed E-state index contributed by atoms with van der Waals surface area (Å²) < 4.78 is 5.39. The molecule has 7 nitrogen and oxygen atoms in total. The van der Waals surface area contributed by atoms with E-state index in [2.05, 4.69) is 37.6 Å². The second-order valence-electron chi connectivity index (χ2n) is 6.34. The molecule has 1 aliphatic heterocycles. The van der Waals surface area contributed by atoms with Crippen LogP contribution in [0.5, 0.6) is 5.75 Å². The van der Waals surface area contributed by atoms with Gasteiger partial charge in [-0.1, -0.05) is 17.7 Å². The molecule has 0 amide bonds. The number of nitrogens with one attached hydrogen (secondary N) is 2. The number of phenols is 1. The first-order chi connectivity index (χ1) is 13.7. The van der Waals surface area contributed by atoms with Crippen molar-refractivity contribution in [1.29, 1.82) is 0 Å². The Morgan fingerprint density at radius 2 is 1.79 bits per heavy atom. The molecule has 1 saturated heterocycles. The first-order valence-electron chi connectivity index (χ1n) is 8.96. The van der Waals surface area contributed by atoms with Crippen molar-refractivity contribution in [3.63, 3.8) is 0 Å². The van der Waals surface area contributed by atoms with Crippen LogP contribution in [-0.2, 0) is 4.74 Å². The topological polar surface area (TPSA) is 82.5 Å². The summed E-state index contributed by atoms with van der Waals surface area (Å²) in [5, 5.41) is 16.3. The van der Waals surface area contributed by atoms with Gasteiger partial charge in [-0.05, 0) is 36.4 Å². The molecular weight excluding hydrogens is 378 g/mol. The molecule has 0 saturated carbocycles. The molecule has 0 spiro atoms. The second-order valence-corrected chi connectivity index (χ2v) is 6.74. The Kier molecular flexibility index (Phi) is 5.45. The van der Waals surface area contributed by atoms with E-state index in [0.29, 0.717) is 22.5 Å². The van der Waals surface area contributed by atoms with Crippen molar-refractivity contribution < 1.29 is 9.84 Å². The van der Waals surface area contributed by atoms with Crippen molar-refractivity contribution in [3.05, 3.63) is 59.8 Å². The van der Waals surface area contributed by atoms with Gasteiger partial charge < -0.3 is 25.4 Å². The zero-order valence-corrected chi connectivity index (χ0v) is 15.9. The molecule has 28 heavy (non-hydrogen) atoms. The van der Waals surface area contributed by atoms with Gasteiger partial charge in [0.15, 0.2) is 5.82 Å². The van der Waals surface area contributed by atoms with Crippen LogP contribution in [-0.4, -0.2) is 41.4 Å². The van der Waals surface area contributed by atoms with E-state index in [1.54, 1.807) is 18.2 Å². The van der Waals surface area contributed by atoms with Crippen LogP contribution in [0, 0.1) is 0 Å². The van der Waals surface area contributed by atoms with Gasteiger partial charge in [-0.2, -0.15) is 4.98 Å². The van der Waals surface area contributed by atoms with Gasteiger partial charge >= 0.3 is 0 Å². The highest BCUT2D eigenvalue weighted by atomic mass is 35.5. The average molecular weight is 398 g/mol. The van der Waals surface area contributed by atoms with Gasteiger partial charge in [0.25, 0.3) is 0 Å². The lowest BCUT2D eigenvalue weighted by Crippen LogP contribution is -2.36. The Bertz CT molecular complexity index is 946. The van der Waals surface area contributed by atoms with Crippen molar-refractivity contribution in [2.24, 2.45) is 0 Å². The first kappa shape index (κ1) is 18.3. The van der Waals surface area contributed by atoms with Gasteiger partial charge in [-0.25, -0.2) is 4.98 Å². The molecule has 0 aliphatic carbocycles. The van der Waals surface area contributed by atoms with Gasteiger partial charge in [0.1, 0.15) is 10.8 Å². The van der Waals surface area contributed by atoms with Crippen LogP contribution in [0.25, 0.3) is 0 Å². The zero-order valence-electron chi connectivity index (χ0n) is 15.1. The summed E-state index contributed by atoms with van der Waals surface area (Å²) in [7, 11) is 0. The van der Waals surface area contributed by atoms with Crippen LogP contribution < -0.4 is 15.5 Å². The van der Waals surface area contributed by atoms with Crippen molar-refractivity contribution in [1.82, 2.24) is 9.97 Å². The van der Waals surface area contributed by atoms with E-state index in [1.807, 2.05) is 18.2 Å². The summed E-state index contributed by atoms with van der Waals surface area (Å²) in [5.74, 6) is 1.04. The molecule has 3 aromatic rings. The fraction of sp³-hybridized carbons (Fsp3) is 0.200. The molecule has 3 N–H and O–H groups in total. The maximum atomic E-state index is 9.60. The SMILES string of the molecule is Oc1cccc(Nc2nc(Nc3ccc(N4CCOCC4)cc3)ncc2Cl)c1. The van der Waals surface area contributed by atoms with Crippen LogP contribution >= 0.6 is 11.6 Å². The second kappa shape index (κ2) is 8.33. The van der Waals surface area contributed by atoms with E-state index in [9.17, 15) is 5.11 Å². The summed E-state index contributed by atoms with van der Waals surface area (Å²) in [6.07, 6.45) is 1.53. The fourth-order valence-corrected chi connectivity index (χ4v) is 3.08. The number of hydrogen-bond acceptors (Lipinski definition) is 7. The fourth-order valence-electron chi connectivity index (χ4n) is 2.94. The van der Waals surface area contributed by atoms with Crippen LogP contribution in [0.2, 0.25) is 5.02 Å². The predicted molar refractivity (Wildman–Crippen MR) is 111 cm³/mol. The quantitative estimate of drug-likeness (QED) is 0.596. The van der Waals surface area contributed by atoms with Crippen molar-refractivity contribution in [2.75, 3.05) is 41.8 Å². The number of aromatic nitrogens is 2. The monoisotopic (exact) mass is 397 g/mol. The van der Waals surface area contributed by atoms with Crippen LogP contribution in [0.3, 0.4) is 0 Å². The minimum absolute atomic E-state index is 0.161. The number of anilines is 5. The van der Waals surface area contributed by atoms with Crippen molar-refractivity contribution >= 4 is 40.4 Å². The number of benzene rings is 2. The zero-order chi connectivity index (χ0) is 19.3. The molecule has 8 heteroatoms. The predicted octanol–water partition coefficient (Wildman–Crippen LogP) is 4.16. The summed E-state index contributed by atoms with van der Waals surface area (Å²) in [5.41, 5.74) is 2.72. The molecule has 1 fully saturated rings. The van der Waals surface area contributed by atoms with Gasteiger partial charge in [0.05, 0.1) is 19.4 Å². The molecule has 0 radical (unpaired) electrons. The molecule has 4 rings (SSSR count). The van der Waals surface area contributed by atoms with E-state index in [0.717, 1.165) is 37.7 Å². The summed E-state index contributed by atoms with van der Waals surface area (Å²) in [4.78, 5) is 11.0. The Morgan fingerprint density at radius 1 is 1.00 bits per heavy atom. The van der Waals surface area contributed by atoms with Crippen molar-refractivity contribution in [3.8, 4) is 5.75 Å². The molecule has 2 heterocycles. The largest absolute Gasteiger partial charge is 0.508 e. The minimum Gasteiger partial charge on any atom is -0.508 e. The molecule has 1 aliphatic rings. The number of hydrogen-bond donors (Lipinski definition) is 3. The third-order valence-electron chi connectivity index (χ3n) is 4.35. The lowest BCUT2D eigenvalue weighted by Gasteiger charge is -2.28. The Labute approximate surface area is 168 Å². The first-order valence-corrected chi connectivity index (χ1v) is 9.33. The van der Waals surface area contributed by atoms with Crippen LogP contribution in [0.15, 0.2) is 54.7 Å². The molecule has 1 aromatic heterocycles. The summed E-state index contributed by atoms with van der Waals surface area (Å²) >= 11 is 6.20. The minimum atomic E-state index is 0.161. The third kappa shape index (κ3) is 4.44. The standard InChI is InChI=1S/C20H20ClN5O2/c21-18-13-22-20(25-19(18)23-15-2-1-3-17(27)12-15)24-14-4-6-16(7-5-14)26-8-10-28-11-9-26/h1-7,12-13,27H,8-11H2,(H2,22,23,24,25). The third-order valence-corrected chi connectivity index (χ3v) is 4.63. The van der Waals surface area contributed by atoms with Gasteiger partial charge in [-0.15, -0.1) is 0 Å². The van der Waals surface area contributed by atoms with E-state index in [-0.39, 0.29) is 5.75 Å². The molecule has 2 aromatic carbocycles. The van der Waals surface area contributed by atoms with E-state index < -0.39 is 0 Å². The number of morpholine rings is 1. The van der Waals surface area contributed by atoms with E-state index >= 15 is 0 Å². The normalized spacial score (nSPS) is 14.0. The molecule has 144 valence electrons. The van der Waals surface area contributed by atoms with Gasteiger partial charge in [0, 0.05) is 36.2 Å². The lowest BCUT2D eigenvalue weighted by atomic mass is 10.2. The number of halogens is 1. The Hall–Kier alpha value is -3.03. The van der Waals surface area contributed by atoms with Crippen LogP contribution in [0.1, 0.15) is 0 Å². The lowest BCUT2D eigenvalue weighted by molar-refractivity contribution is 0.122. The van der Waals surface area contributed by atoms with E-state index in [4.69, 9.17) is 16.3 Å². The van der Waals surface area contributed by atoms with E-state index in [1.165, 1.54) is 6.20 Å². The summed E-state index contributed by atoms with van der Waals surface area (Å²) in [6.45, 7) is 3.31. The molecular formula is C20H20ClN5O2. The Balaban J connectivity index is 1.47. The highest BCUT2D eigenvalue weighted by molar-refractivity contribution is 6.32. The smallest absolute Gasteiger partial charge is 0.229 e. The average Bonchev–Trinajstić information content (AvgIpc) is 2.72.